The molecule has 11 heavy (non-hydrogen) atoms. The van der Waals surface area contributed by atoms with Crippen molar-refractivity contribution in [1.29, 1.82) is 0 Å². The van der Waals surface area contributed by atoms with E-state index >= 15 is 0 Å². The molecule has 0 amide bonds. The van der Waals surface area contributed by atoms with Gasteiger partial charge in [0.1, 0.15) is 4.84 Å². The van der Waals surface area contributed by atoms with Crippen LogP contribution in [0.4, 0.5) is 0 Å². The summed E-state index contributed by atoms with van der Waals surface area (Å²) in [6.07, 6.45) is 2.45. The van der Waals surface area contributed by atoms with Gasteiger partial charge >= 0.3 is 5.97 Å². The van der Waals surface area contributed by atoms with Gasteiger partial charge in [-0.05, 0) is 19.9 Å². The Morgan fingerprint density at radius 3 is 2.36 bits per heavy atom. The van der Waals surface area contributed by atoms with E-state index in [9.17, 15) is 4.79 Å². The first-order valence-electron chi connectivity index (χ1n) is 3.19. The second-order valence-electron chi connectivity index (χ2n) is 2.18. The van der Waals surface area contributed by atoms with Gasteiger partial charge in [-0.25, -0.2) is 4.79 Å². The van der Waals surface area contributed by atoms with E-state index in [1.165, 1.54) is 12.2 Å². The third-order valence-corrected chi connectivity index (χ3v) is 1.02. The number of alkyl halides is 2. The summed E-state index contributed by atoms with van der Waals surface area (Å²) in [5.74, 6) is -0.425. The zero-order valence-corrected chi connectivity index (χ0v) is 7.89. The van der Waals surface area contributed by atoms with Gasteiger partial charge in [0.25, 0.3) is 0 Å². The summed E-state index contributed by atoms with van der Waals surface area (Å²) in [4.78, 5) is 10.1. The van der Waals surface area contributed by atoms with Crippen LogP contribution in [-0.2, 0) is 9.53 Å². The topological polar surface area (TPSA) is 26.3 Å². The maximum Gasteiger partial charge on any atom is 0.330 e. The number of carbonyl (C=O) groups excluding carboxylic acids is 1. The van der Waals surface area contributed by atoms with Gasteiger partial charge in [-0.1, -0.05) is 0 Å². The molecule has 0 fully saturated rings. The molecule has 4 heteroatoms. The van der Waals surface area contributed by atoms with E-state index in [1.54, 1.807) is 13.8 Å². The smallest absolute Gasteiger partial charge is 0.330 e. The Hall–Kier alpha value is -0.210. The van der Waals surface area contributed by atoms with Crippen molar-refractivity contribution in [2.45, 2.75) is 24.8 Å². The SMILES string of the molecule is CC(C)OC(=O)/C=C/C(Cl)Cl. The summed E-state index contributed by atoms with van der Waals surface area (Å²) in [5, 5.41) is 0. The molecule has 0 spiro atoms. The number of allylic oxidation sites excluding steroid dienone is 1. The highest BCUT2D eigenvalue weighted by Gasteiger charge is 2.00. The number of halogens is 2. The highest BCUT2D eigenvalue weighted by Crippen LogP contribution is 2.02. The maximum absolute atomic E-state index is 10.7. The number of esters is 1. The van der Waals surface area contributed by atoms with Crippen LogP contribution in [0.1, 0.15) is 13.8 Å². The van der Waals surface area contributed by atoms with Crippen LogP contribution in [0.25, 0.3) is 0 Å². The predicted octanol–water partition coefficient (Wildman–Crippen LogP) is 2.30. The van der Waals surface area contributed by atoms with Crippen molar-refractivity contribution in [3.8, 4) is 0 Å². The third-order valence-electron chi connectivity index (χ3n) is 0.730. The monoisotopic (exact) mass is 196 g/mol. The lowest BCUT2D eigenvalue weighted by atomic mass is 10.4. The molecule has 0 aromatic heterocycles. The molecule has 0 saturated heterocycles. The van der Waals surface area contributed by atoms with Gasteiger partial charge < -0.3 is 4.74 Å². The van der Waals surface area contributed by atoms with Crippen LogP contribution in [-0.4, -0.2) is 16.9 Å². The first-order chi connectivity index (χ1) is 5.02. The molecule has 2 nitrogen and oxygen atoms in total. The van der Waals surface area contributed by atoms with Crippen LogP contribution in [0.5, 0.6) is 0 Å². The normalized spacial score (nSPS) is 11.5. The summed E-state index contributed by atoms with van der Waals surface area (Å²) in [6.45, 7) is 3.54. The van der Waals surface area contributed by atoms with Gasteiger partial charge in [-0.3, -0.25) is 0 Å². The molecule has 0 bridgehead atoms. The molecule has 0 radical (unpaired) electrons. The Kier molecular flexibility index (Phi) is 5.34. The van der Waals surface area contributed by atoms with Crippen molar-refractivity contribution in [3.63, 3.8) is 0 Å². The number of carbonyl (C=O) groups is 1. The van der Waals surface area contributed by atoms with Gasteiger partial charge in [0.05, 0.1) is 6.10 Å². The summed E-state index contributed by atoms with van der Waals surface area (Å²) < 4.78 is 4.76. The highest BCUT2D eigenvalue weighted by molar-refractivity contribution is 6.45. The molecule has 0 saturated carbocycles. The lowest BCUT2D eigenvalue weighted by Gasteiger charge is -2.03. The number of rotatable bonds is 3. The summed E-state index contributed by atoms with van der Waals surface area (Å²) in [5.41, 5.74) is 0. The summed E-state index contributed by atoms with van der Waals surface area (Å²) >= 11 is 10.7. The molecule has 0 aliphatic heterocycles. The number of ether oxygens (including phenoxy) is 1. The van der Waals surface area contributed by atoms with E-state index in [0.717, 1.165) is 0 Å². The zero-order chi connectivity index (χ0) is 8.85. The number of hydrogen-bond acceptors (Lipinski definition) is 2. The minimum atomic E-state index is -0.658. The fraction of sp³-hybridized carbons (Fsp3) is 0.571. The maximum atomic E-state index is 10.7. The summed E-state index contributed by atoms with van der Waals surface area (Å²) in [6, 6.07) is 0. The van der Waals surface area contributed by atoms with Gasteiger partial charge in [0.2, 0.25) is 0 Å². The predicted molar refractivity (Wildman–Crippen MR) is 45.9 cm³/mol. The van der Waals surface area contributed by atoms with Crippen molar-refractivity contribution >= 4 is 29.2 Å². The van der Waals surface area contributed by atoms with Crippen LogP contribution < -0.4 is 0 Å². The van der Waals surface area contributed by atoms with Gasteiger partial charge in [-0.15, -0.1) is 23.2 Å². The molecule has 0 aliphatic rings. The van der Waals surface area contributed by atoms with E-state index in [4.69, 9.17) is 27.9 Å². The Labute approximate surface area is 76.1 Å². The Morgan fingerprint density at radius 2 is 2.00 bits per heavy atom. The summed E-state index contributed by atoms with van der Waals surface area (Å²) in [7, 11) is 0. The van der Waals surface area contributed by atoms with Gasteiger partial charge in [0, 0.05) is 6.08 Å². The Balaban J connectivity index is 3.69. The standard InChI is InChI=1S/C7H10Cl2O2/c1-5(2)11-7(10)4-3-6(8)9/h3-6H,1-2H3/b4-3+. The Bertz CT molecular complexity index is 153. The molecule has 0 unspecified atom stereocenters. The lowest BCUT2D eigenvalue weighted by Crippen LogP contribution is -2.08. The van der Waals surface area contributed by atoms with Crippen LogP contribution in [0.2, 0.25) is 0 Å². The fourth-order valence-corrected chi connectivity index (χ4v) is 0.568. The molecule has 0 aromatic rings. The third kappa shape index (κ3) is 7.69. The lowest BCUT2D eigenvalue weighted by molar-refractivity contribution is -0.141. The molecule has 0 aliphatic carbocycles. The molecule has 0 atom stereocenters. The average Bonchev–Trinajstić information content (AvgIpc) is 1.82. The van der Waals surface area contributed by atoms with E-state index in [0.29, 0.717) is 0 Å². The average molecular weight is 197 g/mol. The Morgan fingerprint density at radius 1 is 1.45 bits per heavy atom. The second kappa shape index (κ2) is 5.44. The first kappa shape index (κ1) is 10.8. The molecule has 0 aromatic carbocycles. The number of hydrogen-bond donors (Lipinski definition) is 0. The van der Waals surface area contributed by atoms with Gasteiger partial charge in [0.15, 0.2) is 0 Å². The van der Waals surface area contributed by atoms with Gasteiger partial charge in [-0.2, -0.15) is 0 Å². The van der Waals surface area contributed by atoms with Crippen LogP contribution in [0, 0.1) is 0 Å². The van der Waals surface area contributed by atoms with Crippen molar-refractivity contribution < 1.29 is 9.53 Å². The molecular formula is C7H10Cl2O2. The van der Waals surface area contributed by atoms with E-state index in [1.807, 2.05) is 0 Å². The minimum Gasteiger partial charge on any atom is -0.460 e. The largest absolute Gasteiger partial charge is 0.460 e. The molecule has 0 heterocycles. The molecule has 0 N–H and O–H groups in total. The zero-order valence-electron chi connectivity index (χ0n) is 6.38. The van der Waals surface area contributed by atoms with Crippen LogP contribution in [0.15, 0.2) is 12.2 Å². The van der Waals surface area contributed by atoms with Crippen LogP contribution >= 0.6 is 23.2 Å². The molecule has 0 rings (SSSR count). The molecular weight excluding hydrogens is 187 g/mol. The van der Waals surface area contributed by atoms with Crippen molar-refractivity contribution in [2.75, 3.05) is 0 Å². The van der Waals surface area contributed by atoms with Crippen LogP contribution in [0.3, 0.4) is 0 Å². The van der Waals surface area contributed by atoms with E-state index < -0.39 is 10.8 Å². The highest BCUT2D eigenvalue weighted by atomic mass is 35.5. The van der Waals surface area contributed by atoms with E-state index in [-0.39, 0.29) is 6.10 Å². The van der Waals surface area contributed by atoms with Crippen molar-refractivity contribution in [2.24, 2.45) is 0 Å². The van der Waals surface area contributed by atoms with E-state index in [2.05, 4.69) is 0 Å². The first-order valence-corrected chi connectivity index (χ1v) is 4.06. The quantitative estimate of drug-likeness (QED) is 0.394. The minimum absolute atomic E-state index is 0.115. The second-order valence-corrected chi connectivity index (χ2v) is 3.34. The van der Waals surface area contributed by atoms with Crippen molar-refractivity contribution in [1.82, 2.24) is 0 Å². The van der Waals surface area contributed by atoms with Crippen molar-refractivity contribution in [3.05, 3.63) is 12.2 Å². The fourth-order valence-electron chi connectivity index (χ4n) is 0.423. The molecule has 64 valence electrons.